The zero-order chi connectivity index (χ0) is 9.30. The Bertz CT molecular complexity index is 250. The molecule has 0 spiro atoms. The largest absolute Gasteiger partial charge is 0.389 e. The number of esters is 2. The van der Waals surface area contributed by atoms with Crippen molar-refractivity contribution in [3.05, 3.63) is 11.6 Å². The van der Waals surface area contributed by atoms with Crippen molar-refractivity contribution in [3.63, 3.8) is 0 Å². The number of ether oxygens (including phenoxy) is 1. The molecule has 0 aromatic heterocycles. The van der Waals surface area contributed by atoms with Crippen LogP contribution in [0.15, 0.2) is 11.6 Å². The van der Waals surface area contributed by atoms with E-state index in [9.17, 15) is 9.59 Å². The van der Waals surface area contributed by atoms with Gasteiger partial charge in [0.1, 0.15) is 0 Å². The first-order valence-corrected chi connectivity index (χ1v) is 4.00. The predicted molar refractivity (Wildman–Crippen MR) is 43.2 cm³/mol. The van der Waals surface area contributed by atoms with E-state index in [4.69, 9.17) is 0 Å². The van der Waals surface area contributed by atoms with E-state index in [0.717, 1.165) is 0 Å². The topological polar surface area (TPSA) is 43.4 Å². The first-order valence-electron chi connectivity index (χ1n) is 4.00. The first kappa shape index (κ1) is 8.97. The molecule has 0 amide bonds. The number of cyclic esters (lactones) is 2. The summed E-state index contributed by atoms with van der Waals surface area (Å²) in [6.07, 6.45) is 1.65. The van der Waals surface area contributed by atoms with E-state index in [0.29, 0.717) is 5.57 Å². The molecule has 0 aromatic rings. The summed E-state index contributed by atoms with van der Waals surface area (Å²) in [5, 5.41) is 0. The molecule has 1 aliphatic heterocycles. The van der Waals surface area contributed by atoms with Crippen LogP contribution >= 0.6 is 0 Å². The standard InChI is InChI=1S/C9H12O3/c1-4-6-7(5(2)3)9(11)12-8(6)10/h4-5,7H,1-3H3. The minimum absolute atomic E-state index is 0.121. The molecule has 0 bridgehead atoms. The summed E-state index contributed by atoms with van der Waals surface area (Å²) < 4.78 is 4.49. The fraction of sp³-hybridized carbons (Fsp3) is 0.556. The summed E-state index contributed by atoms with van der Waals surface area (Å²) >= 11 is 0. The highest BCUT2D eigenvalue weighted by molar-refractivity contribution is 6.07. The van der Waals surface area contributed by atoms with E-state index in [1.807, 2.05) is 13.8 Å². The minimum atomic E-state index is -0.485. The van der Waals surface area contributed by atoms with Crippen LogP contribution in [-0.4, -0.2) is 11.9 Å². The van der Waals surface area contributed by atoms with Crippen LogP contribution in [-0.2, 0) is 14.3 Å². The van der Waals surface area contributed by atoms with Gasteiger partial charge in [0.2, 0.25) is 0 Å². The summed E-state index contributed by atoms with van der Waals surface area (Å²) in [4.78, 5) is 22.1. The summed E-state index contributed by atoms with van der Waals surface area (Å²) in [6.45, 7) is 5.53. The average molecular weight is 168 g/mol. The lowest BCUT2D eigenvalue weighted by Gasteiger charge is -2.08. The molecule has 1 atom stereocenters. The highest BCUT2D eigenvalue weighted by Crippen LogP contribution is 2.28. The molecule has 66 valence electrons. The summed E-state index contributed by atoms with van der Waals surface area (Å²) in [5.74, 6) is -1.14. The van der Waals surface area contributed by atoms with E-state index in [2.05, 4.69) is 4.74 Å². The fourth-order valence-corrected chi connectivity index (χ4v) is 1.40. The smallest absolute Gasteiger partial charge is 0.342 e. The molecule has 0 aromatic carbocycles. The third kappa shape index (κ3) is 1.26. The van der Waals surface area contributed by atoms with Crippen LogP contribution in [0.2, 0.25) is 0 Å². The third-order valence-electron chi connectivity index (χ3n) is 2.00. The Morgan fingerprint density at radius 1 is 1.42 bits per heavy atom. The molecule has 1 aliphatic rings. The number of hydrogen-bond acceptors (Lipinski definition) is 3. The molecule has 0 radical (unpaired) electrons. The minimum Gasteiger partial charge on any atom is -0.389 e. The normalized spacial score (nSPS) is 27.0. The van der Waals surface area contributed by atoms with E-state index in [-0.39, 0.29) is 11.8 Å². The fourth-order valence-electron chi connectivity index (χ4n) is 1.40. The zero-order valence-corrected chi connectivity index (χ0v) is 7.46. The third-order valence-corrected chi connectivity index (χ3v) is 2.00. The molecule has 3 heteroatoms. The Labute approximate surface area is 71.4 Å². The lowest BCUT2D eigenvalue weighted by Crippen LogP contribution is -2.15. The van der Waals surface area contributed by atoms with E-state index >= 15 is 0 Å². The lowest BCUT2D eigenvalue weighted by molar-refractivity contribution is -0.153. The van der Waals surface area contributed by atoms with Crippen LogP contribution < -0.4 is 0 Å². The second-order valence-electron chi connectivity index (χ2n) is 3.17. The van der Waals surface area contributed by atoms with Crippen LogP contribution in [0.1, 0.15) is 20.8 Å². The Morgan fingerprint density at radius 3 is 2.33 bits per heavy atom. The Hall–Kier alpha value is -1.12. The van der Waals surface area contributed by atoms with Gasteiger partial charge in [-0.1, -0.05) is 19.9 Å². The highest BCUT2D eigenvalue weighted by atomic mass is 16.6. The molecule has 0 N–H and O–H groups in total. The molecule has 1 heterocycles. The van der Waals surface area contributed by atoms with Crippen molar-refractivity contribution < 1.29 is 14.3 Å². The second kappa shape index (κ2) is 3.09. The molecule has 12 heavy (non-hydrogen) atoms. The maximum Gasteiger partial charge on any atom is 0.342 e. The summed E-state index contributed by atoms with van der Waals surface area (Å²) in [5.41, 5.74) is 0.495. The van der Waals surface area contributed by atoms with Gasteiger partial charge in [-0.2, -0.15) is 0 Å². The molecule has 0 aliphatic carbocycles. The SMILES string of the molecule is CC=C1C(=O)OC(=O)C1C(C)C. The monoisotopic (exact) mass is 168 g/mol. The molecule has 1 saturated heterocycles. The second-order valence-corrected chi connectivity index (χ2v) is 3.17. The number of rotatable bonds is 1. The van der Waals surface area contributed by atoms with E-state index in [1.165, 1.54) is 0 Å². The molecule has 1 fully saturated rings. The van der Waals surface area contributed by atoms with Crippen molar-refractivity contribution in [2.45, 2.75) is 20.8 Å². The van der Waals surface area contributed by atoms with Gasteiger partial charge < -0.3 is 4.74 Å². The number of hydrogen-bond donors (Lipinski definition) is 0. The zero-order valence-electron chi connectivity index (χ0n) is 7.46. The van der Waals surface area contributed by atoms with Gasteiger partial charge in [-0.25, -0.2) is 4.79 Å². The number of carbonyl (C=O) groups is 2. The van der Waals surface area contributed by atoms with E-state index in [1.54, 1.807) is 13.0 Å². The van der Waals surface area contributed by atoms with Gasteiger partial charge in [0, 0.05) is 5.57 Å². The van der Waals surface area contributed by atoms with Crippen molar-refractivity contribution in [2.24, 2.45) is 11.8 Å². The number of carbonyl (C=O) groups excluding carboxylic acids is 2. The van der Waals surface area contributed by atoms with Crippen LogP contribution in [0.4, 0.5) is 0 Å². The maximum absolute atomic E-state index is 11.1. The van der Waals surface area contributed by atoms with Crippen molar-refractivity contribution in [1.82, 2.24) is 0 Å². The van der Waals surface area contributed by atoms with Crippen LogP contribution in [0, 0.1) is 11.8 Å². The van der Waals surface area contributed by atoms with Gasteiger partial charge in [0.05, 0.1) is 5.92 Å². The lowest BCUT2D eigenvalue weighted by atomic mass is 9.90. The number of allylic oxidation sites excluding steroid dienone is 1. The maximum atomic E-state index is 11.1. The quantitative estimate of drug-likeness (QED) is 0.336. The Morgan fingerprint density at radius 2 is 2.00 bits per heavy atom. The average Bonchev–Trinajstić information content (AvgIpc) is 2.24. The van der Waals surface area contributed by atoms with E-state index < -0.39 is 11.9 Å². The van der Waals surface area contributed by atoms with Crippen LogP contribution in [0.5, 0.6) is 0 Å². The molecular formula is C9H12O3. The van der Waals surface area contributed by atoms with Crippen LogP contribution in [0.25, 0.3) is 0 Å². The van der Waals surface area contributed by atoms with Gasteiger partial charge >= 0.3 is 11.9 Å². The van der Waals surface area contributed by atoms with Gasteiger partial charge in [-0.15, -0.1) is 0 Å². The molecule has 3 nitrogen and oxygen atoms in total. The van der Waals surface area contributed by atoms with Crippen molar-refractivity contribution in [3.8, 4) is 0 Å². The Kier molecular flexibility index (Phi) is 2.31. The van der Waals surface area contributed by atoms with Gasteiger partial charge in [0.25, 0.3) is 0 Å². The van der Waals surface area contributed by atoms with Crippen molar-refractivity contribution in [2.75, 3.05) is 0 Å². The van der Waals surface area contributed by atoms with Gasteiger partial charge in [-0.3, -0.25) is 4.79 Å². The van der Waals surface area contributed by atoms with Crippen molar-refractivity contribution >= 4 is 11.9 Å². The van der Waals surface area contributed by atoms with Crippen LogP contribution in [0.3, 0.4) is 0 Å². The van der Waals surface area contributed by atoms with Gasteiger partial charge in [0.15, 0.2) is 0 Å². The summed E-state index contributed by atoms with van der Waals surface area (Å²) in [7, 11) is 0. The van der Waals surface area contributed by atoms with Gasteiger partial charge in [-0.05, 0) is 12.8 Å². The highest BCUT2D eigenvalue weighted by Gasteiger charge is 2.40. The molecule has 1 rings (SSSR count). The molecule has 0 saturated carbocycles. The summed E-state index contributed by atoms with van der Waals surface area (Å²) in [6, 6.07) is 0. The molecular weight excluding hydrogens is 156 g/mol. The first-order chi connectivity index (χ1) is 5.57. The molecule has 1 unspecified atom stereocenters. The predicted octanol–water partition coefficient (Wildman–Crippen LogP) is 1.29. The Balaban J connectivity index is 2.98. The van der Waals surface area contributed by atoms with Crippen molar-refractivity contribution in [1.29, 1.82) is 0 Å².